The fraction of sp³-hybridized carbons (Fsp3) is 0.100. The van der Waals surface area contributed by atoms with Gasteiger partial charge in [-0.2, -0.15) is 0 Å². The maximum absolute atomic E-state index is 12.9. The van der Waals surface area contributed by atoms with Crippen LogP contribution in [0.2, 0.25) is 5.02 Å². The number of H-pyrrole nitrogens is 2. The van der Waals surface area contributed by atoms with E-state index >= 15 is 0 Å². The van der Waals surface area contributed by atoms with Crippen molar-refractivity contribution in [2.45, 2.75) is 11.8 Å². The van der Waals surface area contributed by atoms with Crippen LogP contribution >= 0.6 is 11.6 Å². The lowest BCUT2D eigenvalue weighted by atomic mass is 10.1. The molecule has 0 aliphatic heterocycles. The number of fused-ring (bicyclic) bond motifs is 3. The second-order valence-electron chi connectivity index (χ2n) is 6.47. The largest absolute Gasteiger partial charge is 0.513 e. The number of pyridine rings is 1. The molecule has 3 N–H and O–H groups in total. The molecule has 31 heavy (non-hydrogen) atoms. The molecule has 2 aromatic heterocycles. The zero-order chi connectivity index (χ0) is 22.2. The van der Waals surface area contributed by atoms with E-state index in [9.17, 15) is 18.0 Å². The van der Waals surface area contributed by atoms with E-state index in [1.165, 1.54) is 30.5 Å². The first-order valence-corrected chi connectivity index (χ1v) is 10.9. The van der Waals surface area contributed by atoms with Crippen molar-refractivity contribution >= 4 is 55.3 Å². The predicted octanol–water partition coefficient (Wildman–Crippen LogP) is 4.00. The van der Waals surface area contributed by atoms with Crippen LogP contribution in [0.25, 0.3) is 21.8 Å². The molecular formula is C20H16ClN3O6S. The van der Waals surface area contributed by atoms with Gasteiger partial charge in [0.1, 0.15) is 5.52 Å². The lowest BCUT2D eigenvalue weighted by Gasteiger charge is -2.10. The topological polar surface area (TPSA) is 130 Å². The second-order valence-corrected chi connectivity index (χ2v) is 8.58. The molecule has 0 saturated heterocycles. The number of sulfonamides is 1. The molecule has 4 aromatic rings. The van der Waals surface area contributed by atoms with E-state index in [4.69, 9.17) is 21.1 Å². The molecule has 0 amide bonds. The number of carbonyl (C=O) groups excluding carboxylic acids is 1. The summed E-state index contributed by atoms with van der Waals surface area (Å²) >= 11 is 5.92. The number of halogens is 1. The summed E-state index contributed by atoms with van der Waals surface area (Å²) in [7, 11) is -3.97. The Labute approximate surface area is 181 Å². The van der Waals surface area contributed by atoms with Gasteiger partial charge in [-0.25, -0.2) is 13.2 Å². The van der Waals surface area contributed by atoms with Gasteiger partial charge < -0.3 is 19.4 Å². The minimum absolute atomic E-state index is 0.0434. The minimum Gasteiger partial charge on any atom is -0.434 e. The molecule has 2 aromatic carbocycles. The van der Waals surface area contributed by atoms with Gasteiger partial charge in [-0.1, -0.05) is 17.7 Å². The van der Waals surface area contributed by atoms with Crippen LogP contribution in [0.3, 0.4) is 0 Å². The maximum Gasteiger partial charge on any atom is 0.513 e. The Hall–Kier alpha value is -3.50. The van der Waals surface area contributed by atoms with Crippen molar-refractivity contribution in [2.75, 3.05) is 11.3 Å². The number of anilines is 1. The zero-order valence-electron chi connectivity index (χ0n) is 16.1. The van der Waals surface area contributed by atoms with Gasteiger partial charge in [-0.15, -0.1) is 0 Å². The van der Waals surface area contributed by atoms with Gasteiger partial charge in [0.2, 0.25) is 0 Å². The highest BCUT2D eigenvalue weighted by molar-refractivity contribution is 7.92. The number of rotatable bonds is 5. The summed E-state index contributed by atoms with van der Waals surface area (Å²) in [5.41, 5.74) is 0.345. The Morgan fingerprint density at radius 3 is 2.74 bits per heavy atom. The third-order valence-corrected chi connectivity index (χ3v) is 6.04. The summed E-state index contributed by atoms with van der Waals surface area (Å²) in [5, 5.41) is 1.00. The van der Waals surface area contributed by atoms with Crippen LogP contribution in [0.1, 0.15) is 6.92 Å². The number of nitrogens with one attached hydrogen (secondary N) is 3. The first-order valence-electron chi connectivity index (χ1n) is 9.08. The van der Waals surface area contributed by atoms with Crippen molar-refractivity contribution in [3.8, 4) is 5.75 Å². The van der Waals surface area contributed by atoms with E-state index in [0.29, 0.717) is 21.6 Å². The average molecular weight is 462 g/mol. The summed E-state index contributed by atoms with van der Waals surface area (Å²) in [5.74, 6) is 0.0434. The molecule has 0 aliphatic rings. The molecule has 160 valence electrons. The number of carbonyl (C=O) groups is 1. The van der Waals surface area contributed by atoms with Crippen LogP contribution in [-0.4, -0.2) is 31.1 Å². The third-order valence-electron chi connectivity index (χ3n) is 4.42. The van der Waals surface area contributed by atoms with Gasteiger partial charge >= 0.3 is 6.16 Å². The van der Waals surface area contributed by atoms with Gasteiger partial charge in [0.25, 0.3) is 15.6 Å². The Morgan fingerprint density at radius 2 is 2.00 bits per heavy atom. The predicted molar refractivity (Wildman–Crippen MR) is 116 cm³/mol. The minimum atomic E-state index is -3.97. The highest BCUT2D eigenvalue weighted by Crippen LogP contribution is 2.32. The zero-order valence-corrected chi connectivity index (χ0v) is 17.6. The van der Waals surface area contributed by atoms with Crippen molar-refractivity contribution in [3.05, 3.63) is 64.0 Å². The lowest BCUT2D eigenvalue weighted by molar-refractivity contribution is 0.105. The molecule has 0 atom stereocenters. The van der Waals surface area contributed by atoms with Crippen LogP contribution in [0.5, 0.6) is 5.75 Å². The van der Waals surface area contributed by atoms with Gasteiger partial charge in [0, 0.05) is 22.1 Å². The Kier molecular flexibility index (Phi) is 5.34. The molecule has 0 aliphatic carbocycles. The molecular weight excluding hydrogens is 446 g/mol. The fourth-order valence-corrected chi connectivity index (χ4v) is 4.39. The molecule has 0 saturated carbocycles. The van der Waals surface area contributed by atoms with Crippen LogP contribution in [0.15, 0.2) is 58.4 Å². The number of hydrogen-bond donors (Lipinski definition) is 3. The smallest absolute Gasteiger partial charge is 0.434 e. The van der Waals surface area contributed by atoms with Crippen LogP contribution in [-0.2, 0) is 14.8 Å². The van der Waals surface area contributed by atoms with Gasteiger partial charge in [0.15, 0.2) is 5.75 Å². The molecule has 0 bridgehead atoms. The Morgan fingerprint density at radius 1 is 1.19 bits per heavy atom. The van der Waals surface area contributed by atoms with Crippen molar-refractivity contribution in [3.63, 3.8) is 0 Å². The molecule has 0 radical (unpaired) electrons. The van der Waals surface area contributed by atoms with E-state index in [-0.39, 0.29) is 28.2 Å². The standard InChI is InChI=1S/C20H16ClN3O6S/c1-2-29-20(26)30-16-10-22-18-17(16)14-9-13(6-7-15(14)23-19(18)25)31(27,28)24-12-5-3-4-11(21)8-12/h3-10,22,24H,2H2,1H3,(H,23,25). The van der Waals surface area contributed by atoms with Gasteiger partial charge in [-0.05, 0) is 43.3 Å². The second kappa shape index (κ2) is 7.97. The normalized spacial score (nSPS) is 11.5. The monoisotopic (exact) mass is 461 g/mol. The molecule has 9 nitrogen and oxygen atoms in total. The van der Waals surface area contributed by atoms with E-state index < -0.39 is 21.7 Å². The van der Waals surface area contributed by atoms with E-state index in [0.717, 1.165) is 0 Å². The summed E-state index contributed by atoms with van der Waals surface area (Å²) in [6, 6.07) is 10.5. The summed E-state index contributed by atoms with van der Waals surface area (Å²) < 4.78 is 38.2. The molecule has 0 unspecified atom stereocenters. The van der Waals surface area contributed by atoms with Crippen LogP contribution < -0.4 is 15.0 Å². The van der Waals surface area contributed by atoms with Crippen molar-refractivity contribution in [2.24, 2.45) is 0 Å². The number of aromatic amines is 2. The van der Waals surface area contributed by atoms with Gasteiger partial charge in [0.05, 0.1) is 22.6 Å². The maximum atomic E-state index is 12.9. The fourth-order valence-electron chi connectivity index (χ4n) is 3.13. The van der Waals surface area contributed by atoms with Gasteiger partial charge in [-0.3, -0.25) is 9.52 Å². The van der Waals surface area contributed by atoms with Crippen LogP contribution in [0, 0.1) is 0 Å². The average Bonchev–Trinajstić information content (AvgIpc) is 3.12. The number of benzene rings is 2. The highest BCUT2D eigenvalue weighted by atomic mass is 35.5. The molecule has 0 fully saturated rings. The number of aromatic nitrogens is 2. The lowest BCUT2D eigenvalue weighted by Crippen LogP contribution is -2.13. The number of hydrogen-bond acceptors (Lipinski definition) is 6. The van der Waals surface area contributed by atoms with E-state index in [1.807, 2.05) is 0 Å². The number of ether oxygens (including phenoxy) is 2. The summed E-state index contributed by atoms with van der Waals surface area (Å²) in [6.07, 6.45) is 0.394. The van der Waals surface area contributed by atoms with E-state index in [1.54, 1.807) is 25.1 Å². The van der Waals surface area contributed by atoms with E-state index in [2.05, 4.69) is 14.7 Å². The molecule has 0 spiro atoms. The third kappa shape index (κ3) is 4.07. The highest BCUT2D eigenvalue weighted by Gasteiger charge is 2.20. The molecule has 2 heterocycles. The summed E-state index contributed by atoms with van der Waals surface area (Å²) in [6.45, 7) is 1.74. The van der Waals surface area contributed by atoms with Crippen molar-refractivity contribution in [1.29, 1.82) is 0 Å². The first kappa shape index (κ1) is 20.8. The Bertz CT molecular complexity index is 1480. The summed E-state index contributed by atoms with van der Waals surface area (Å²) in [4.78, 5) is 29.5. The van der Waals surface area contributed by atoms with Crippen molar-refractivity contribution in [1.82, 2.24) is 9.97 Å². The van der Waals surface area contributed by atoms with Crippen molar-refractivity contribution < 1.29 is 22.7 Å². The quantitative estimate of drug-likeness (QED) is 0.385. The Balaban J connectivity index is 1.84. The molecule has 4 rings (SSSR count). The SMILES string of the molecule is CCOC(=O)Oc1c[nH]c2c(=O)[nH]c3ccc(S(=O)(=O)Nc4cccc(Cl)c4)cc3c12. The molecule has 11 heteroatoms. The first-order chi connectivity index (χ1) is 14.8. The van der Waals surface area contributed by atoms with Crippen LogP contribution in [0.4, 0.5) is 10.5 Å².